The van der Waals surface area contributed by atoms with E-state index < -0.39 is 0 Å². The molecular weight excluding hydrogens is 316 g/mol. The minimum Gasteiger partial charge on any atom is -0.395 e. The van der Waals surface area contributed by atoms with Crippen LogP contribution in [0, 0.1) is 6.92 Å². The molecule has 6 heteroatoms. The fraction of sp³-hybridized carbons (Fsp3) is 0.474. The number of aliphatic hydroxyl groups excluding tert-OH is 1. The molecule has 1 aromatic heterocycles. The molecule has 3 rings (SSSR count). The topological polar surface area (TPSA) is 72.5 Å². The Hall–Kier alpha value is -2.18. The Morgan fingerprint density at radius 2 is 1.92 bits per heavy atom. The van der Waals surface area contributed by atoms with Crippen LogP contribution in [0.5, 0.6) is 0 Å². The summed E-state index contributed by atoms with van der Waals surface area (Å²) in [5, 5.41) is 16.6. The number of benzene rings is 1. The highest BCUT2D eigenvalue weighted by Crippen LogP contribution is 2.19. The van der Waals surface area contributed by atoms with Crippen molar-refractivity contribution in [1.29, 1.82) is 0 Å². The number of carbonyl (C=O) groups is 1. The zero-order valence-electron chi connectivity index (χ0n) is 14.9. The van der Waals surface area contributed by atoms with Gasteiger partial charge in [0.1, 0.15) is 5.69 Å². The summed E-state index contributed by atoms with van der Waals surface area (Å²) >= 11 is 0. The maximum atomic E-state index is 12.7. The van der Waals surface area contributed by atoms with Gasteiger partial charge in [-0.25, -0.2) is 0 Å². The highest BCUT2D eigenvalue weighted by Gasteiger charge is 2.26. The van der Waals surface area contributed by atoms with Gasteiger partial charge in [-0.05, 0) is 19.4 Å². The van der Waals surface area contributed by atoms with Crippen LogP contribution in [-0.2, 0) is 0 Å². The number of aryl methyl sites for hydroxylation is 1. The fourth-order valence-corrected chi connectivity index (χ4v) is 3.27. The lowest BCUT2D eigenvalue weighted by molar-refractivity contribution is 0.0468. The van der Waals surface area contributed by atoms with E-state index in [1.165, 1.54) is 5.56 Å². The van der Waals surface area contributed by atoms with Crippen molar-refractivity contribution in [3.63, 3.8) is 0 Å². The summed E-state index contributed by atoms with van der Waals surface area (Å²) in [5.41, 5.74) is 3.51. The third-order valence-corrected chi connectivity index (χ3v) is 4.96. The number of H-pyrrole nitrogens is 1. The second-order valence-electron chi connectivity index (χ2n) is 6.61. The molecule has 1 aromatic carbocycles. The van der Waals surface area contributed by atoms with Crippen molar-refractivity contribution in [2.75, 3.05) is 32.8 Å². The number of aliphatic hydroxyl groups is 1. The number of nitrogens with one attached hydrogen (secondary N) is 1. The number of carbonyl (C=O) groups excluding carboxylic acids is 1. The fourth-order valence-electron chi connectivity index (χ4n) is 3.27. The zero-order chi connectivity index (χ0) is 17.8. The van der Waals surface area contributed by atoms with E-state index >= 15 is 0 Å². The summed E-state index contributed by atoms with van der Waals surface area (Å²) in [5.74, 6) is -0.0115. The molecule has 1 aliphatic heterocycles. The molecule has 25 heavy (non-hydrogen) atoms. The number of hydrogen-bond acceptors (Lipinski definition) is 4. The lowest BCUT2D eigenvalue weighted by Gasteiger charge is -2.38. The summed E-state index contributed by atoms with van der Waals surface area (Å²) in [6.07, 6.45) is 0.922. The van der Waals surface area contributed by atoms with Crippen molar-refractivity contribution in [3.8, 4) is 11.3 Å². The molecule has 2 aromatic rings. The molecule has 1 unspecified atom stereocenters. The first-order valence-electron chi connectivity index (χ1n) is 8.89. The maximum absolute atomic E-state index is 12.7. The van der Waals surface area contributed by atoms with Gasteiger partial charge in [-0.1, -0.05) is 36.8 Å². The lowest BCUT2D eigenvalue weighted by Crippen LogP contribution is -2.52. The summed E-state index contributed by atoms with van der Waals surface area (Å²) in [6.45, 7) is 7.24. The lowest BCUT2D eigenvalue weighted by atomic mass is 10.1. The van der Waals surface area contributed by atoms with Gasteiger partial charge < -0.3 is 10.0 Å². The van der Waals surface area contributed by atoms with Crippen molar-refractivity contribution in [2.45, 2.75) is 26.3 Å². The van der Waals surface area contributed by atoms with Crippen LogP contribution >= 0.6 is 0 Å². The standard InChI is InChI=1S/C19H26N4O2/c1-3-16(13-24)22-8-10-23(11-9-22)19(25)18-12-17(20-21-18)15-6-4-14(2)5-7-15/h4-7,12,16,24H,3,8-11,13H2,1-2H3,(H,20,21). The first-order valence-corrected chi connectivity index (χ1v) is 8.89. The Kier molecular flexibility index (Phi) is 5.50. The largest absolute Gasteiger partial charge is 0.395 e. The van der Waals surface area contributed by atoms with Gasteiger partial charge in [0.05, 0.1) is 12.3 Å². The van der Waals surface area contributed by atoms with Crippen molar-refractivity contribution in [3.05, 3.63) is 41.6 Å². The monoisotopic (exact) mass is 342 g/mol. The highest BCUT2D eigenvalue weighted by atomic mass is 16.3. The average molecular weight is 342 g/mol. The van der Waals surface area contributed by atoms with E-state index in [2.05, 4.69) is 22.0 Å². The number of aromatic amines is 1. The number of piperazine rings is 1. The molecule has 6 nitrogen and oxygen atoms in total. The molecule has 0 radical (unpaired) electrons. The smallest absolute Gasteiger partial charge is 0.271 e. The van der Waals surface area contributed by atoms with E-state index in [9.17, 15) is 9.90 Å². The minimum atomic E-state index is -0.0115. The van der Waals surface area contributed by atoms with Gasteiger partial charge in [0, 0.05) is 37.8 Å². The first-order chi connectivity index (χ1) is 12.1. The number of aromatic nitrogens is 2. The highest BCUT2D eigenvalue weighted by molar-refractivity contribution is 5.93. The van der Waals surface area contributed by atoms with Crippen molar-refractivity contribution < 1.29 is 9.90 Å². The molecule has 1 amide bonds. The predicted molar refractivity (Wildman–Crippen MR) is 97.4 cm³/mol. The van der Waals surface area contributed by atoms with Gasteiger partial charge in [0.25, 0.3) is 5.91 Å². The Bertz CT molecular complexity index is 698. The van der Waals surface area contributed by atoms with E-state index in [1.54, 1.807) is 0 Å². The number of rotatable bonds is 5. The third-order valence-electron chi connectivity index (χ3n) is 4.96. The molecule has 0 saturated carbocycles. The van der Waals surface area contributed by atoms with E-state index in [0.717, 1.165) is 30.8 Å². The van der Waals surface area contributed by atoms with Gasteiger partial charge in [-0.2, -0.15) is 5.10 Å². The number of amides is 1. The summed E-state index contributed by atoms with van der Waals surface area (Å²) in [7, 11) is 0. The van der Waals surface area contributed by atoms with Crippen LogP contribution in [0.15, 0.2) is 30.3 Å². The summed E-state index contributed by atoms with van der Waals surface area (Å²) < 4.78 is 0. The molecule has 1 atom stereocenters. The second kappa shape index (κ2) is 7.80. The predicted octanol–water partition coefficient (Wildman–Crippen LogP) is 1.91. The molecule has 134 valence electrons. The number of hydrogen-bond donors (Lipinski definition) is 2. The van der Waals surface area contributed by atoms with Crippen molar-refractivity contribution in [1.82, 2.24) is 20.0 Å². The molecule has 0 bridgehead atoms. The van der Waals surface area contributed by atoms with Crippen LogP contribution in [0.1, 0.15) is 29.4 Å². The van der Waals surface area contributed by atoms with E-state index in [0.29, 0.717) is 18.8 Å². The van der Waals surface area contributed by atoms with Gasteiger partial charge in [-0.3, -0.25) is 14.8 Å². The van der Waals surface area contributed by atoms with Gasteiger partial charge in [0.15, 0.2) is 0 Å². The van der Waals surface area contributed by atoms with Crippen molar-refractivity contribution in [2.24, 2.45) is 0 Å². The van der Waals surface area contributed by atoms with E-state index in [1.807, 2.05) is 42.2 Å². The van der Waals surface area contributed by atoms with Crippen LogP contribution in [0.2, 0.25) is 0 Å². The Balaban J connectivity index is 1.64. The van der Waals surface area contributed by atoms with Gasteiger partial charge in [0.2, 0.25) is 0 Å². The summed E-state index contributed by atoms with van der Waals surface area (Å²) in [4.78, 5) is 16.8. The molecule has 0 aliphatic carbocycles. The zero-order valence-corrected chi connectivity index (χ0v) is 14.9. The van der Waals surface area contributed by atoms with Gasteiger partial charge >= 0.3 is 0 Å². The molecule has 0 spiro atoms. The Morgan fingerprint density at radius 3 is 2.52 bits per heavy atom. The molecule has 2 heterocycles. The van der Waals surface area contributed by atoms with Gasteiger partial charge in [-0.15, -0.1) is 0 Å². The number of nitrogens with zero attached hydrogens (tertiary/aromatic N) is 3. The van der Waals surface area contributed by atoms with E-state index in [4.69, 9.17) is 0 Å². The summed E-state index contributed by atoms with van der Waals surface area (Å²) in [6, 6.07) is 10.1. The SMILES string of the molecule is CCC(CO)N1CCN(C(=O)c2cc(-c3ccc(C)cc3)n[nH]2)CC1. The molecular formula is C19H26N4O2. The molecule has 1 aliphatic rings. The maximum Gasteiger partial charge on any atom is 0.271 e. The quantitative estimate of drug-likeness (QED) is 0.871. The Labute approximate surface area is 148 Å². The molecule has 1 saturated heterocycles. The van der Waals surface area contributed by atoms with Crippen LogP contribution in [-0.4, -0.2) is 69.8 Å². The molecule has 1 fully saturated rings. The van der Waals surface area contributed by atoms with Crippen LogP contribution < -0.4 is 0 Å². The average Bonchev–Trinajstić information content (AvgIpc) is 3.13. The van der Waals surface area contributed by atoms with Crippen LogP contribution in [0.4, 0.5) is 0 Å². The third kappa shape index (κ3) is 3.91. The second-order valence-corrected chi connectivity index (χ2v) is 6.61. The van der Waals surface area contributed by atoms with Crippen LogP contribution in [0.3, 0.4) is 0 Å². The first kappa shape index (κ1) is 17.6. The normalized spacial score (nSPS) is 16.8. The Morgan fingerprint density at radius 1 is 1.24 bits per heavy atom. The van der Waals surface area contributed by atoms with E-state index in [-0.39, 0.29) is 18.6 Å². The van der Waals surface area contributed by atoms with Crippen molar-refractivity contribution >= 4 is 5.91 Å². The van der Waals surface area contributed by atoms with Crippen LogP contribution in [0.25, 0.3) is 11.3 Å². The molecule has 2 N–H and O–H groups in total. The minimum absolute atomic E-state index is 0.0115.